The van der Waals surface area contributed by atoms with Crippen LogP contribution in [0.3, 0.4) is 0 Å². The molecule has 1 aromatic carbocycles. The van der Waals surface area contributed by atoms with Gasteiger partial charge in [0.25, 0.3) is 5.89 Å². The number of nitrogens with zero attached hydrogens (tertiary/aromatic N) is 2. The molecular formula is C15H13FN2O4S. The predicted octanol–water partition coefficient (Wildman–Crippen LogP) is 2.45. The molecule has 8 heteroatoms. The summed E-state index contributed by atoms with van der Waals surface area (Å²) in [5.41, 5.74) is 0.316. The summed E-state index contributed by atoms with van der Waals surface area (Å²) in [6.45, 7) is -0.139. The number of benzene rings is 1. The molecule has 0 saturated heterocycles. The number of aliphatic hydroxyl groups excluding tert-OH is 1. The van der Waals surface area contributed by atoms with Crippen molar-refractivity contribution in [1.82, 2.24) is 9.78 Å². The summed E-state index contributed by atoms with van der Waals surface area (Å²) in [7, 11) is 1.36. The lowest BCUT2D eigenvalue weighted by atomic mass is 10.1. The molecule has 23 heavy (non-hydrogen) atoms. The fourth-order valence-corrected chi connectivity index (χ4v) is 2.72. The third kappa shape index (κ3) is 3.17. The molecule has 0 saturated carbocycles. The highest BCUT2D eigenvalue weighted by Crippen LogP contribution is 2.24. The first kappa shape index (κ1) is 15.4. The quantitative estimate of drug-likeness (QED) is 0.774. The van der Waals surface area contributed by atoms with Crippen molar-refractivity contribution in [3.05, 3.63) is 57.6 Å². The predicted molar refractivity (Wildman–Crippen MR) is 82.0 cm³/mol. The molecule has 0 fully saturated rings. The van der Waals surface area contributed by atoms with Crippen molar-refractivity contribution in [2.45, 2.75) is 12.6 Å². The van der Waals surface area contributed by atoms with E-state index < -0.39 is 17.7 Å². The summed E-state index contributed by atoms with van der Waals surface area (Å²) in [4.78, 5) is 12.5. The van der Waals surface area contributed by atoms with Crippen molar-refractivity contribution in [1.29, 1.82) is 0 Å². The summed E-state index contributed by atoms with van der Waals surface area (Å²) < 4.78 is 24.6. The second-order valence-electron chi connectivity index (χ2n) is 4.74. The van der Waals surface area contributed by atoms with Crippen molar-refractivity contribution in [2.75, 3.05) is 7.11 Å². The highest BCUT2D eigenvalue weighted by Gasteiger charge is 2.17. The number of methoxy groups -OCH3 is 1. The van der Waals surface area contributed by atoms with Crippen LogP contribution in [0.5, 0.6) is 5.75 Å². The maximum absolute atomic E-state index is 13.7. The first-order chi connectivity index (χ1) is 11.1. The summed E-state index contributed by atoms with van der Waals surface area (Å²) in [5.74, 6) is -0.991. The van der Waals surface area contributed by atoms with E-state index in [0.29, 0.717) is 10.4 Å². The van der Waals surface area contributed by atoms with E-state index in [1.807, 2.05) is 11.4 Å². The van der Waals surface area contributed by atoms with E-state index in [1.165, 1.54) is 30.6 Å². The van der Waals surface area contributed by atoms with Gasteiger partial charge < -0.3 is 14.3 Å². The number of rotatable bonds is 5. The zero-order valence-electron chi connectivity index (χ0n) is 12.1. The standard InChI is InChI=1S/C15H13FN2O4S/c1-21-12-5-4-9(7-10(12)16)11(19)8-18-15(20)22-14(17-18)13-3-2-6-23-13/h2-7,11,19H,8H2,1H3. The topological polar surface area (TPSA) is 77.5 Å². The number of hydrogen-bond donors (Lipinski definition) is 1. The molecule has 1 atom stereocenters. The maximum Gasteiger partial charge on any atom is 0.437 e. The van der Waals surface area contributed by atoms with E-state index in [2.05, 4.69) is 5.10 Å². The van der Waals surface area contributed by atoms with Crippen molar-refractivity contribution < 1.29 is 18.7 Å². The van der Waals surface area contributed by atoms with Gasteiger partial charge in [-0.3, -0.25) is 0 Å². The molecule has 2 heterocycles. The highest BCUT2D eigenvalue weighted by molar-refractivity contribution is 7.13. The Kier molecular flexibility index (Phi) is 4.26. The zero-order valence-corrected chi connectivity index (χ0v) is 12.9. The van der Waals surface area contributed by atoms with Gasteiger partial charge in [0.15, 0.2) is 11.6 Å². The smallest absolute Gasteiger partial charge is 0.437 e. The largest absolute Gasteiger partial charge is 0.494 e. The van der Waals surface area contributed by atoms with Gasteiger partial charge in [-0.15, -0.1) is 16.4 Å². The van der Waals surface area contributed by atoms with Crippen LogP contribution in [0, 0.1) is 5.82 Å². The van der Waals surface area contributed by atoms with Crippen LogP contribution in [0.4, 0.5) is 4.39 Å². The van der Waals surface area contributed by atoms with Crippen LogP contribution < -0.4 is 10.5 Å². The molecular weight excluding hydrogens is 323 g/mol. The Morgan fingerprint density at radius 3 is 2.96 bits per heavy atom. The normalized spacial score (nSPS) is 12.3. The van der Waals surface area contributed by atoms with Gasteiger partial charge in [0.05, 0.1) is 24.6 Å². The van der Waals surface area contributed by atoms with Gasteiger partial charge in [0, 0.05) is 0 Å². The van der Waals surface area contributed by atoms with E-state index >= 15 is 0 Å². The van der Waals surface area contributed by atoms with E-state index in [0.717, 1.165) is 10.7 Å². The Balaban J connectivity index is 1.82. The molecule has 0 aliphatic carbocycles. The molecule has 0 spiro atoms. The SMILES string of the molecule is COc1ccc(C(O)Cn2nc(-c3cccs3)oc2=O)cc1F. The molecule has 3 aromatic rings. The molecule has 2 aromatic heterocycles. The summed E-state index contributed by atoms with van der Waals surface area (Å²) in [6, 6.07) is 7.69. The van der Waals surface area contributed by atoms with Crippen LogP contribution in [0.15, 0.2) is 44.9 Å². The Labute approximate surface area is 134 Å². The van der Waals surface area contributed by atoms with E-state index in [-0.39, 0.29) is 18.2 Å². The van der Waals surface area contributed by atoms with Crippen LogP contribution in [-0.2, 0) is 6.54 Å². The first-order valence-electron chi connectivity index (χ1n) is 6.72. The van der Waals surface area contributed by atoms with E-state index in [1.54, 1.807) is 6.07 Å². The number of thiophene rings is 1. The second kappa shape index (κ2) is 6.35. The zero-order chi connectivity index (χ0) is 16.4. The minimum Gasteiger partial charge on any atom is -0.494 e. The Morgan fingerprint density at radius 2 is 2.30 bits per heavy atom. The Bertz CT molecular complexity index is 857. The number of aliphatic hydroxyl groups is 1. The summed E-state index contributed by atoms with van der Waals surface area (Å²) >= 11 is 1.38. The molecule has 3 rings (SSSR count). The van der Waals surface area contributed by atoms with Crippen LogP contribution in [0.1, 0.15) is 11.7 Å². The highest BCUT2D eigenvalue weighted by atomic mass is 32.1. The third-order valence-corrected chi connectivity index (χ3v) is 4.10. The lowest BCUT2D eigenvalue weighted by Crippen LogP contribution is -2.20. The molecule has 0 bridgehead atoms. The van der Waals surface area contributed by atoms with E-state index in [9.17, 15) is 14.3 Å². The molecule has 0 aliphatic heterocycles. The minimum atomic E-state index is -1.10. The van der Waals surface area contributed by atoms with Crippen LogP contribution in [0.2, 0.25) is 0 Å². The molecule has 120 valence electrons. The molecule has 0 radical (unpaired) electrons. The Morgan fingerprint density at radius 1 is 1.48 bits per heavy atom. The molecule has 0 aliphatic rings. The monoisotopic (exact) mass is 336 g/mol. The van der Waals surface area contributed by atoms with Crippen molar-refractivity contribution in [3.63, 3.8) is 0 Å². The third-order valence-electron chi connectivity index (χ3n) is 3.24. The van der Waals surface area contributed by atoms with Crippen LogP contribution >= 0.6 is 11.3 Å². The van der Waals surface area contributed by atoms with Crippen molar-refractivity contribution >= 4 is 11.3 Å². The lowest BCUT2D eigenvalue weighted by Gasteiger charge is -2.11. The van der Waals surface area contributed by atoms with Gasteiger partial charge >= 0.3 is 5.76 Å². The summed E-state index contributed by atoms with van der Waals surface area (Å²) in [6.07, 6.45) is -1.10. The number of ether oxygens (including phenoxy) is 1. The van der Waals surface area contributed by atoms with Gasteiger partial charge in [-0.05, 0) is 29.1 Å². The van der Waals surface area contributed by atoms with E-state index in [4.69, 9.17) is 9.15 Å². The lowest BCUT2D eigenvalue weighted by molar-refractivity contribution is 0.148. The Hall–Kier alpha value is -2.45. The molecule has 1 unspecified atom stereocenters. The van der Waals surface area contributed by atoms with Crippen molar-refractivity contribution in [3.8, 4) is 16.5 Å². The number of halogens is 1. The fourth-order valence-electron chi connectivity index (χ4n) is 2.08. The fraction of sp³-hybridized carbons (Fsp3) is 0.200. The second-order valence-corrected chi connectivity index (χ2v) is 5.69. The van der Waals surface area contributed by atoms with Crippen LogP contribution in [-0.4, -0.2) is 22.0 Å². The van der Waals surface area contributed by atoms with Gasteiger partial charge in [-0.1, -0.05) is 12.1 Å². The van der Waals surface area contributed by atoms with Gasteiger partial charge in [0.2, 0.25) is 0 Å². The maximum atomic E-state index is 13.7. The van der Waals surface area contributed by atoms with Crippen LogP contribution in [0.25, 0.3) is 10.8 Å². The average Bonchev–Trinajstić information content (AvgIpc) is 3.17. The number of hydrogen-bond acceptors (Lipinski definition) is 6. The average molecular weight is 336 g/mol. The molecule has 1 N–H and O–H groups in total. The van der Waals surface area contributed by atoms with Gasteiger partial charge in [0.1, 0.15) is 0 Å². The number of aromatic nitrogens is 2. The van der Waals surface area contributed by atoms with Crippen molar-refractivity contribution in [2.24, 2.45) is 0 Å². The van der Waals surface area contributed by atoms with Gasteiger partial charge in [-0.2, -0.15) is 4.68 Å². The minimum absolute atomic E-state index is 0.0829. The molecule has 6 nitrogen and oxygen atoms in total. The molecule has 0 amide bonds. The summed E-state index contributed by atoms with van der Waals surface area (Å²) in [5, 5.41) is 16.1. The van der Waals surface area contributed by atoms with Gasteiger partial charge in [-0.25, -0.2) is 9.18 Å². The first-order valence-corrected chi connectivity index (χ1v) is 7.60.